The number of carbonyl (C=O) groups is 24. The molecule has 0 saturated carbocycles. The molecule has 1 saturated heterocycles. The Morgan fingerprint density at radius 3 is 1.13 bits per heavy atom. The monoisotopic (exact) mass is 2090 g/mol. The number of aliphatic hydroxyl groups excluding tert-OH is 2. The van der Waals surface area contributed by atoms with Gasteiger partial charge in [0.2, 0.25) is 112 Å². The first-order chi connectivity index (χ1) is 69.8. The molecule has 0 bridgehead atoms. The molecule has 1 aliphatic rings. The molecule has 0 aliphatic carbocycles. The predicted octanol–water partition coefficient (Wildman–Crippen LogP) is -10.1. The maximum atomic E-state index is 15.2. The van der Waals surface area contributed by atoms with Crippen LogP contribution in [0.1, 0.15) is 160 Å². The van der Waals surface area contributed by atoms with Crippen molar-refractivity contribution < 1.29 is 156 Å². The van der Waals surface area contributed by atoms with E-state index in [-0.39, 0.29) is 95.2 Å². The third kappa shape index (κ3) is 43.8. The van der Waals surface area contributed by atoms with Crippen LogP contribution in [0.2, 0.25) is 0 Å². The highest BCUT2D eigenvalue weighted by atomic mass is 16.4. The molecular formula is C92H134N24O32. The number of hydrogen-bond donors (Lipinski definition) is 31. The number of primary amides is 3. The molecule has 148 heavy (non-hydrogen) atoms. The Bertz CT molecular complexity index is 5160. The number of rotatable bonds is 68. The van der Waals surface area contributed by atoms with Crippen molar-refractivity contribution in [3.63, 3.8) is 0 Å². The van der Waals surface area contributed by atoms with Gasteiger partial charge >= 0.3 is 29.8 Å². The standard InChI is InChI=1S/C92H134N24O32/c1-5-45(3)73(114-75(131)51(94)38-67(96)121)89(145)110-61(41-71(127)128)90(146)116-34-16-23-65(116)87(143)113-64(44-118)86(142)108-60(40-70(125)126)84(140)112-63(43-117)85(141)104-55(29-31-69(123)124)79(135)115-74(46(4)6-2)88(144)109-58(36-48-19-11-8-12-20-48)82(138)106-57(37-49-24-26-50(119)27-25-49)81(137)107-59(39-68(97)122)83(139)103-54(28-30-66(95)120)78(134)101-52(21-13-14-32-93)76(132)105-56(35-47-17-9-7-10-18-47)80(136)102-53(22-15-33-100-92(98)99)77(133)111-62(91(147)148)42-72(129)130/h7-12,17-20,24-27,45-46,51-65,73-74,117-119H,5-6,13-16,21-23,28-44,93-94H2,1-4H3,(H2,95,120)(H2,96,121)(H2,97,122)(H,101,134)(H,102,136)(H,103,139)(H,104,141)(H,105,132)(H,106,138)(H,107,137)(H,108,142)(H,109,144)(H,110,145)(H,111,133)(H,112,140)(H,113,143)(H,114,131)(H,115,135)(H,123,124)(H,125,126)(H,127,128)(H,129,130)(H,147,148)(H4,98,99,100)/t45-,46-,51-,52-,53-,54-,55-,56-,57-,58-,59-,60-,61-,62-,63-,64-,65-,73-,74-/m0/s1. The van der Waals surface area contributed by atoms with E-state index < -0.39 is 346 Å². The van der Waals surface area contributed by atoms with Crippen molar-refractivity contribution in [2.45, 2.75) is 265 Å². The molecule has 814 valence electrons. The largest absolute Gasteiger partial charge is 0.508 e. The first-order valence-electron chi connectivity index (χ1n) is 47.3. The molecule has 3 aromatic rings. The zero-order valence-electron chi connectivity index (χ0n) is 81.7. The minimum atomic E-state index is -2.27. The number of likely N-dealkylation sites (tertiary alicyclic amines) is 1. The summed E-state index contributed by atoms with van der Waals surface area (Å²) in [7, 11) is 0. The summed E-state index contributed by atoms with van der Waals surface area (Å²) in [5.74, 6) is -33.9. The first-order valence-corrected chi connectivity index (χ1v) is 47.3. The zero-order valence-corrected chi connectivity index (χ0v) is 81.7. The van der Waals surface area contributed by atoms with Gasteiger partial charge in [-0.3, -0.25) is 116 Å². The van der Waals surface area contributed by atoms with Crippen molar-refractivity contribution in [3.05, 3.63) is 102 Å². The number of hydrogen-bond acceptors (Lipinski definition) is 30. The summed E-state index contributed by atoms with van der Waals surface area (Å²) in [6.07, 6.45) is -9.72. The van der Waals surface area contributed by atoms with E-state index in [4.69, 9.17) is 39.8 Å². The molecule has 0 aromatic heterocycles. The Kier molecular flexibility index (Phi) is 53.0. The summed E-state index contributed by atoms with van der Waals surface area (Å²) >= 11 is 0. The fraction of sp³-hybridized carbons (Fsp3) is 0.533. The van der Waals surface area contributed by atoms with Gasteiger partial charge < -0.3 is 165 Å². The number of carboxylic acids is 5. The number of aliphatic hydroxyl groups is 2. The molecule has 1 aliphatic heterocycles. The maximum Gasteiger partial charge on any atom is 0.326 e. The molecule has 0 spiro atoms. The summed E-state index contributed by atoms with van der Waals surface area (Å²) in [6, 6.07) is -10.8. The van der Waals surface area contributed by atoms with Crippen molar-refractivity contribution in [3.8, 4) is 5.75 Å². The Morgan fingerprint density at radius 1 is 0.372 bits per heavy atom. The summed E-state index contributed by atoms with van der Waals surface area (Å²) in [5, 5.41) is 125. The second-order valence-electron chi connectivity index (χ2n) is 35.1. The number of nitrogens with one attached hydrogen (secondary N) is 17. The second kappa shape index (κ2) is 63.2. The van der Waals surface area contributed by atoms with Crippen molar-refractivity contribution in [2.24, 2.45) is 46.2 Å². The number of aliphatic carboxylic acids is 5. The van der Waals surface area contributed by atoms with Gasteiger partial charge in [-0.2, -0.15) is 0 Å². The lowest BCUT2D eigenvalue weighted by Crippen LogP contribution is -2.62. The summed E-state index contributed by atoms with van der Waals surface area (Å²) < 4.78 is 0. The lowest BCUT2D eigenvalue weighted by Gasteiger charge is -2.31. The van der Waals surface area contributed by atoms with Crippen LogP contribution in [0.15, 0.2) is 84.9 Å². The highest BCUT2D eigenvalue weighted by molar-refractivity contribution is 6.03. The molecule has 1 fully saturated rings. The Balaban J connectivity index is 1.66. The maximum absolute atomic E-state index is 15.2. The Labute approximate surface area is 847 Å². The van der Waals surface area contributed by atoms with Crippen molar-refractivity contribution in [1.29, 1.82) is 5.41 Å². The number of benzene rings is 3. The Morgan fingerprint density at radius 2 is 0.716 bits per heavy atom. The van der Waals surface area contributed by atoms with Gasteiger partial charge in [0.05, 0.1) is 51.4 Å². The van der Waals surface area contributed by atoms with Crippen LogP contribution in [-0.4, -0.2) is 329 Å². The summed E-state index contributed by atoms with van der Waals surface area (Å²) in [6.45, 7) is 3.18. The van der Waals surface area contributed by atoms with Gasteiger partial charge in [-0.05, 0) is 105 Å². The van der Waals surface area contributed by atoms with Gasteiger partial charge in [0.1, 0.15) is 102 Å². The van der Waals surface area contributed by atoms with E-state index >= 15 is 14.4 Å². The van der Waals surface area contributed by atoms with Crippen LogP contribution in [0, 0.1) is 17.2 Å². The summed E-state index contributed by atoms with van der Waals surface area (Å²) in [4.78, 5) is 328. The Hall–Kier alpha value is -16.2. The van der Waals surface area contributed by atoms with Crippen LogP contribution in [0.25, 0.3) is 0 Å². The SMILES string of the molecule is CC[C@H](C)[C@H](NC(=O)[C@H](CCC(=O)O)NC(=O)[C@H](CO)NC(=O)[C@H](CC(=O)O)NC(=O)[C@H](CO)NC(=O)[C@@H]1CCCN1C(=O)[C@H](CC(=O)O)NC(=O)[C@@H](NC(=O)[C@@H](N)CC(N)=O)[C@@H](C)CC)C(=O)N[C@@H](Cc1ccccc1)C(=O)N[C@@H](Cc1ccc(O)cc1)C(=O)N[C@@H](CC(N)=O)C(=O)N[C@@H](CCC(N)=O)C(=O)N[C@@H](CCCCN)C(=O)N[C@@H](Cc1ccccc1)C(=O)N[C@@H](CCCNC(=N)N)C(=O)N[C@@H](CC(=O)O)C(=O)O. The molecule has 19 amide bonds. The van der Waals surface area contributed by atoms with E-state index in [0.29, 0.717) is 11.1 Å². The third-order valence-electron chi connectivity index (χ3n) is 23.5. The molecule has 1 heterocycles. The molecular weight excluding hydrogens is 1950 g/mol. The van der Waals surface area contributed by atoms with Crippen molar-refractivity contribution >= 4 is 148 Å². The number of carboxylic acid groups (broad SMARTS) is 5. The smallest absolute Gasteiger partial charge is 0.326 e. The predicted molar refractivity (Wildman–Crippen MR) is 516 cm³/mol. The number of amides is 19. The number of phenols is 1. The molecule has 19 atom stereocenters. The highest BCUT2D eigenvalue weighted by Crippen LogP contribution is 2.23. The third-order valence-corrected chi connectivity index (χ3v) is 23.5. The molecule has 0 radical (unpaired) electrons. The number of nitrogens with zero attached hydrogens (tertiary/aromatic N) is 1. The lowest BCUT2D eigenvalue weighted by atomic mass is 9.96. The zero-order chi connectivity index (χ0) is 111. The molecule has 0 unspecified atom stereocenters. The quantitative estimate of drug-likeness (QED) is 0.0142. The van der Waals surface area contributed by atoms with Gasteiger partial charge in [-0.25, -0.2) is 4.79 Å². The van der Waals surface area contributed by atoms with Gasteiger partial charge in [0, 0.05) is 45.2 Å². The minimum Gasteiger partial charge on any atom is -0.508 e. The van der Waals surface area contributed by atoms with E-state index in [1.165, 1.54) is 50.2 Å². The van der Waals surface area contributed by atoms with Crippen LogP contribution in [0.3, 0.4) is 0 Å². The molecule has 3 aromatic carbocycles. The first kappa shape index (κ1) is 124. The van der Waals surface area contributed by atoms with Crippen molar-refractivity contribution in [1.82, 2.24) is 90.0 Å². The lowest BCUT2D eigenvalue weighted by molar-refractivity contribution is -0.147. The van der Waals surface area contributed by atoms with Gasteiger partial charge in [-0.1, -0.05) is 113 Å². The van der Waals surface area contributed by atoms with E-state index in [2.05, 4.69) is 74.4 Å². The molecule has 56 nitrogen and oxygen atoms in total. The van der Waals surface area contributed by atoms with Gasteiger partial charge in [0.25, 0.3) is 0 Å². The average Bonchev–Trinajstić information content (AvgIpc) is 1.58. The number of phenolic OH excluding ortho intramolecular Hbond substituents is 1. The fourth-order valence-electron chi connectivity index (χ4n) is 15.0. The van der Waals surface area contributed by atoms with Crippen LogP contribution < -0.4 is 119 Å². The van der Waals surface area contributed by atoms with Crippen molar-refractivity contribution in [2.75, 3.05) is 32.8 Å². The molecule has 56 heteroatoms. The highest BCUT2D eigenvalue weighted by Gasteiger charge is 2.44. The van der Waals surface area contributed by atoms with Crippen LogP contribution in [0.4, 0.5) is 0 Å². The van der Waals surface area contributed by atoms with Crippen LogP contribution in [0.5, 0.6) is 5.75 Å². The number of guanidine groups is 1. The topological polar surface area (TPSA) is 947 Å². The summed E-state index contributed by atoms with van der Waals surface area (Å²) in [5.41, 5.74) is 34.3. The number of aromatic hydroxyl groups is 1. The number of carbonyl (C=O) groups excluding carboxylic acids is 19. The van der Waals surface area contributed by atoms with E-state index in [1.807, 2.05) is 10.6 Å². The number of unbranched alkanes of at least 4 members (excludes halogenated alkanes) is 1. The van der Waals surface area contributed by atoms with Crippen LogP contribution in [-0.2, 0) is 134 Å². The average molecular weight is 2090 g/mol. The van der Waals surface area contributed by atoms with Gasteiger partial charge in [0.15, 0.2) is 5.96 Å². The molecule has 37 N–H and O–H groups in total. The fourth-order valence-corrected chi connectivity index (χ4v) is 15.0. The van der Waals surface area contributed by atoms with Crippen LogP contribution >= 0.6 is 0 Å². The molecule has 4 rings (SSSR count). The second-order valence-corrected chi connectivity index (χ2v) is 35.1. The normalized spacial score (nSPS) is 15.7. The van der Waals surface area contributed by atoms with Gasteiger partial charge in [-0.15, -0.1) is 0 Å². The van der Waals surface area contributed by atoms with E-state index in [0.717, 1.165) is 4.90 Å². The number of nitrogens with two attached hydrogens (primary N) is 6. The van der Waals surface area contributed by atoms with E-state index in [1.54, 1.807) is 62.4 Å². The van der Waals surface area contributed by atoms with E-state index in [9.17, 15) is 142 Å². The minimum absolute atomic E-state index is 0.0222.